The monoisotopic (exact) mass is 588 g/mol. The molecular formula is C36H40N6O2. The molecule has 2 aromatic heterocycles. The lowest BCUT2D eigenvalue weighted by Gasteiger charge is -2.45. The predicted molar refractivity (Wildman–Crippen MR) is 173 cm³/mol. The molecule has 2 bridgehead atoms. The minimum absolute atomic E-state index is 0.00468. The van der Waals surface area contributed by atoms with Crippen molar-refractivity contribution < 1.29 is 4.79 Å². The number of fused-ring (bicyclic) bond motifs is 4. The van der Waals surface area contributed by atoms with Gasteiger partial charge in [-0.3, -0.25) is 9.69 Å². The van der Waals surface area contributed by atoms with Crippen LogP contribution in [0.4, 0.5) is 0 Å². The van der Waals surface area contributed by atoms with Crippen molar-refractivity contribution in [3.8, 4) is 0 Å². The first-order chi connectivity index (χ1) is 21.5. The summed E-state index contributed by atoms with van der Waals surface area (Å²) in [4.78, 5) is 40.9. The van der Waals surface area contributed by atoms with Gasteiger partial charge in [0.05, 0.1) is 27.6 Å². The van der Waals surface area contributed by atoms with Crippen LogP contribution >= 0.6 is 0 Å². The van der Waals surface area contributed by atoms with Gasteiger partial charge in [0, 0.05) is 31.2 Å². The van der Waals surface area contributed by atoms with Crippen molar-refractivity contribution in [3.05, 3.63) is 100 Å². The van der Waals surface area contributed by atoms with Crippen molar-refractivity contribution in [2.24, 2.45) is 0 Å². The lowest BCUT2D eigenvalue weighted by Crippen LogP contribution is -2.49. The smallest absolute Gasteiger partial charge is 0.323 e. The fourth-order valence-electron chi connectivity index (χ4n) is 8.81. The summed E-state index contributed by atoms with van der Waals surface area (Å²) < 4.78 is 2.51. The predicted octanol–water partition coefficient (Wildman–Crippen LogP) is 5.95. The Bertz CT molecular complexity index is 1870. The summed E-state index contributed by atoms with van der Waals surface area (Å²) >= 11 is 0. The molecule has 8 rings (SSSR count). The number of rotatable bonds is 6. The van der Waals surface area contributed by atoms with Crippen LogP contribution < -0.4 is 5.69 Å². The first-order valence-electron chi connectivity index (χ1n) is 16.2. The van der Waals surface area contributed by atoms with Crippen LogP contribution in [0.25, 0.3) is 22.1 Å². The standard InChI is InChI=1S/C36H40N6O2/c1-24-37-30-11-5-6-13-32(30)42(24)28-22-26-14-15-27(23-28)41(26)21-18-36(25-8-3-2-4-9-25)16-19-40(20-17-36)34(43)29-10-7-12-31-33(29)39-35(44)38-31/h2-13,26-28H,14-23H2,1H3,(H2,38,39,44)/t26-,27+,28?. The van der Waals surface area contributed by atoms with Crippen LogP contribution in [0.3, 0.4) is 0 Å². The summed E-state index contributed by atoms with van der Waals surface area (Å²) in [5.74, 6) is 1.13. The fourth-order valence-corrected chi connectivity index (χ4v) is 8.81. The van der Waals surface area contributed by atoms with Crippen molar-refractivity contribution in [1.82, 2.24) is 29.3 Å². The van der Waals surface area contributed by atoms with Crippen molar-refractivity contribution in [2.45, 2.75) is 75.4 Å². The second kappa shape index (κ2) is 10.8. The highest BCUT2D eigenvalue weighted by Crippen LogP contribution is 2.45. The Kier molecular flexibility index (Phi) is 6.70. The number of likely N-dealkylation sites (tertiary alicyclic amines) is 1. The van der Waals surface area contributed by atoms with E-state index in [1.54, 1.807) is 0 Å². The molecule has 0 saturated carbocycles. The number of carbonyl (C=O) groups excluding carboxylic acids is 1. The number of aromatic amines is 2. The average Bonchev–Trinajstić information content (AvgIpc) is 3.68. The molecule has 0 spiro atoms. The molecule has 1 unspecified atom stereocenters. The Morgan fingerprint density at radius 2 is 1.61 bits per heavy atom. The van der Waals surface area contributed by atoms with Gasteiger partial charge in [-0.2, -0.15) is 0 Å². The Morgan fingerprint density at radius 3 is 2.39 bits per heavy atom. The van der Waals surface area contributed by atoms with E-state index in [2.05, 4.69) is 81.0 Å². The van der Waals surface area contributed by atoms with Gasteiger partial charge in [0.2, 0.25) is 0 Å². The highest BCUT2D eigenvalue weighted by atomic mass is 16.2. The van der Waals surface area contributed by atoms with E-state index < -0.39 is 0 Å². The lowest BCUT2D eigenvalue weighted by molar-refractivity contribution is 0.0608. The van der Waals surface area contributed by atoms with Crippen LogP contribution in [0.5, 0.6) is 0 Å². The molecule has 3 aliphatic heterocycles. The molecular weight excluding hydrogens is 548 g/mol. The number of hydrogen-bond acceptors (Lipinski definition) is 4. The minimum Gasteiger partial charge on any atom is -0.339 e. The number of carbonyl (C=O) groups is 1. The van der Waals surface area contributed by atoms with E-state index in [1.807, 2.05) is 23.1 Å². The average molecular weight is 589 g/mol. The molecule has 0 radical (unpaired) electrons. The lowest BCUT2D eigenvalue weighted by atomic mass is 9.70. The second-order valence-electron chi connectivity index (χ2n) is 13.3. The van der Waals surface area contributed by atoms with Crippen molar-refractivity contribution >= 4 is 28.0 Å². The summed E-state index contributed by atoms with van der Waals surface area (Å²) in [6.07, 6.45) is 7.91. The van der Waals surface area contributed by atoms with E-state index in [0.717, 1.165) is 37.1 Å². The first-order valence-corrected chi connectivity index (χ1v) is 16.2. The molecule has 8 nitrogen and oxygen atoms in total. The minimum atomic E-state index is -0.284. The molecule has 44 heavy (non-hydrogen) atoms. The third-order valence-electron chi connectivity index (χ3n) is 11.0. The number of amides is 1. The summed E-state index contributed by atoms with van der Waals surface area (Å²) in [5, 5.41) is 0. The molecule has 8 heteroatoms. The molecule has 3 atom stereocenters. The highest BCUT2D eigenvalue weighted by molar-refractivity contribution is 6.04. The summed E-state index contributed by atoms with van der Waals surface area (Å²) in [6, 6.07) is 26.8. The highest BCUT2D eigenvalue weighted by Gasteiger charge is 2.44. The van der Waals surface area contributed by atoms with Gasteiger partial charge in [-0.1, -0.05) is 48.5 Å². The molecule has 3 fully saturated rings. The van der Waals surface area contributed by atoms with Gasteiger partial charge in [-0.15, -0.1) is 0 Å². The summed E-state index contributed by atoms with van der Waals surface area (Å²) in [7, 11) is 0. The van der Waals surface area contributed by atoms with E-state index in [-0.39, 0.29) is 17.0 Å². The maximum absolute atomic E-state index is 13.7. The van der Waals surface area contributed by atoms with Gasteiger partial charge in [-0.25, -0.2) is 9.78 Å². The number of imidazole rings is 2. The quantitative estimate of drug-likeness (QED) is 0.257. The van der Waals surface area contributed by atoms with Gasteiger partial charge >= 0.3 is 5.69 Å². The third kappa shape index (κ3) is 4.58. The second-order valence-corrected chi connectivity index (χ2v) is 13.3. The Labute approximate surface area is 257 Å². The molecule has 5 aromatic rings. The molecule has 5 heterocycles. The maximum atomic E-state index is 13.7. The molecule has 3 aromatic carbocycles. The topological polar surface area (TPSA) is 90.0 Å². The van der Waals surface area contributed by atoms with Crippen LogP contribution in [0.15, 0.2) is 77.6 Å². The number of benzene rings is 3. The van der Waals surface area contributed by atoms with E-state index in [1.165, 1.54) is 36.8 Å². The Morgan fingerprint density at radius 1 is 0.886 bits per heavy atom. The van der Waals surface area contributed by atoms with E-state index >= 15 is 0 Å². The van der Waals surface area contributed by atoms with Crippen molar-refractivity contribution in [1.29, 1.82) is 0 Å². The van der Waals surface area contributed by atoms with Crippen LogP contribution in [-0.2, 0) is 5.41 Å². The Hall–Kier alpha value is -4.17. The van der Waals surface area contributed by atoms with Gasteiger partial charge in [-0.05, 0) is 93.7 Å². The van der Waals surface area contributed by atoms with E-state index in [4.69, 9.17) is 4.98 Å². The number of H-pyrrole nitrogens is 2. The van der Waals surface area contributed by atoms with Crippen LogP contribution in [-0.4, -0.2) is 66.9 Å². The molecule has 0 aliphatic carbocycles. The number of nitrogens with one attached hydrogen (secondary N) is 2. The number of piperidine rings is 2. The number of nitrogens with zero attached hydrogens (tertiary/aromatic N) is 4. The number of para-hydroxylation sites is 3. The zero-order valence-electron chi connectivity index (χ0n) is 25.3. The molecule has 3 saturated heterocycles. The zero-order chi connectivity index (χ0) is 29.8. The van der Waals surface area contributed by atoms with Gasteiger partial charge < -0.3 is 19.4 Å². The third-order valence-corrected chi connectivity index (χ3v) is 11.0. The largest absolute Gasteiger partial charge is 0.339 e. The summed E-state index contributed by atoms with van der Waals surface area (Å²) in [6.45, 7) is 4.67. The van der Waals surface area contributed by atoms with Crippen LogP contribution in [0.1, 0.15) is 72.7 Å². The van der Waals surface area contributed by atoms with Crippen molar-refractivity contribution in [3.63, 3.8) is 0 Å². The van der Waals surface area contributed by atoms with Gasteiger partial charge in [0.1, 0.15) is 5.82 Å². The van der Waals surface area contributed by atoms with Crippen LogP contribution in [0.2, 0.25) is 0 Å². The first kappa shape index (κ1) is 27.4. The van der Waals surface area contributed by atoms with Gasteiger partial charge in [0.25, 0.3) is 5.91 Å². The van der Waals surface area contributed by atoms with Crippen LogP contribution in [0, 0.1) is 6.92 Å². The van der Waals surface area contributed by atoms with E-state index in [9.17, 15) is 9.59 Å². The number of aryl methyl sites for hydroxylation is 1. The molecule has 3 aliphatic rings. The summed E-state index contributed by atoms with van der Waals surface area (Å²) in [5.41, 5.74) is 5.36. The fraction of sp³-hybridized carbons (Fsp3) is 0.417. The van der Waals surface area contributed by atoms with Crippen molar-refractivity contribution in [2.75, 3.05) is 19.6 Å². The number of hydrogen-bond donors (Lipinski definition) is 2. The molecule has 2 N–H and O–H groups in total. The SMILES string of the molecule is Cc1nc2ccccc2n1C1C[C@H]2CC[C@@H](C1)N2CCC1(c2ccccc2)CCN(C(=O)c2cccc3[nH]c(=O)[nH]c23)CC1. The number of aromatic nitrogens is 4. The van der Waals surface area contributed by atoms with E-state index in [0.29, 0.717) is 47.8 Å². The zero-order valence-corrected chi connectivity index (χ0v) is 25.3. The van der Waals surface area contributed by atoms with Gasteiger partial charge in [0.15, 0.2) is 0 Å². The maximum Gasteiger partial charge on any atom is 0.323 e. The molecule has 1 amide bonds. The normalized spacial score (nSPS) is 23.5. The Balaban J connectivity index is 0.992. The molecule has 226 valence electrons.